The van der Waals surface area contributed by atoms with Gasteiger partial charge in [-0.3, -0.25) is 0 Å². The molecule has 1 rings (SSSR count). The van der Waals surface area contributed by atoms with Gasteiger partial charge in [0.25, 0.3) is 10.2 Å². The molecule has 0 saturated heterocycles. The standard InChI is InChI=1S/C12H21N3O3S/c1-10(8-13)14-19(16,17)15(2)9-11-5-4-6-12(7-11)18-3/h4-7,10,14H,8-9,13H2,1-3H3/t10-/m1/s1. The number of hydrogen-bond donors (Lipinski definition) is 2. The van der Waals surface area contributed by atoms with Crippen LogP contribution in [-0.2, 0) is 16.8 Å². The molecule has 0 aliphatic heterocycles. The molecule has 0 spiro atoms. The fraction of sp³-hybridized carbons (Fsp3) is 0.500. The summed E-state index contributed by atoms with van der Waals surface area (Å²) in [5.41, 5.74) is 6.26. The van der Waals surface area contributed by atoms with E-state index in [0.29, 0.717) is 5.75 Å². The Morgan fingerprint density at radius 2 is 2.16 bits per heavy atom. The SMILES string of the molecule is COc1cccc(CN(C)S(=O)(=O)N[C@H](C)CN)c1. The summed E-state index contributed by atoms with van der Waals surface area (Å²) in [5, 5.41) is 0. The molecule has 0 unspecified atom stereocenters. The van der Waals surface area contributed by atoms with Crippen molar-refractivity contribution < 1.29 is 13.2 Å². The fourth-order valence-electron chi connectivity index (χ4n) is 1.51. The summed E-state index contributed by atoms with van der Waals surface area (Å²) in [7, 11) is -0.435. The summed E-state index contributed by atoms with van der Waals surface area (Å²) in [5.74, 6) is 0.701. The molecule has 0 aliphatic rings. The molecule has 3 N–H and O–H groups in total. The van der Waals surface area contributed by atoms with E-state index in [1.54, 1.807) is 20.1 Å². The predicted octanol–water partition coefficient (Wildman–Crippen LogP) is 0.309. The highest BCUT2D eigenvalue weighted by Gasteiger charge is 2.19. The third-order valence-electron chi connectivity index (χ3n) is 2.65. The maximum atomic E-state index is 12.0. The number of benzene rings is 1. The Labute approximate surface area is 114 Å². The average molecular weight is 287 g/mol. The highest BCUT2D eigenvalue weighted by molar-refractivity contribution is 7.87. The minimum Gasteiger partial charge on any atom is -0.497 e. The van der Waals surface area contributed by atoms with Crippen molar-refractivity contribution in [2.75, 3.05) is 20.7 Å². The molecule has 0 radical (unpaired) electrons. The third kappa shape index (κ3) is 4.79. The van der Waals surface area contributed by atoms with Crippen LogP contribution in [0.5, 0.6) is 5.75 Å². The second-order valence-electron chi connectivity index (χ2n) is 4.37. The first kappa shape index (κ1) is 15.9. The molecule has 6 nitrogen and oxygen atoms in total. The summed E-state index contributed by atoms with van der Waals surface area (Å²) < 4.78 is 32.8. The molecular formula is C12H21N3O3S. The van der Waals surface area contributed by atoms with Gasteiger partial charge in [0.05, 0.1) is 7.11 Å². The van der Waals surface area contributed by atoms with Gasteiger partial charge in [-0.2, -0.15) is 17.4 Å². The van der Waals surface area contributed by atoms with E-state index in [9.17, 15) is 8.42 Å². The van der Waals surface area contributed by atoms with E-state index in [2.05, 4.69) is 4.72 Å². The Balaban J connectivity index is 2.75. The van der Waals surface area contributed by atoms with Gasteiger partial charge < -0.3 is 10.5 Å². The highest BCUT2D eigenvalue weighted by atomic mass is 32.2. The van der Waals surface area contributed by atoms with Gasteiger partial charge in [0.2, 0.25) is 0 Å². The largest absolute Gasteiger partial charge is 0.497 e. The van der Waals surface area contributed by atoms with E-state index in [0.717, 1.165) is 5.56 Å². The maximum Gasteiger partial charge on any atom is 0.279 e. The summed E-state index contributed by atoms with van der Waals surface area (Å²) in [6, 6.07) is 6.99. The van der Waals surface area contributed by atoms with Crippen molar-refractivity contribution in [2.24, 2.45) is 5.73 Å². The van der Waals surface area contributed by atoms with Crippen molar-refractivity contribution in [3.8, 4) is 5.75 Å². The Morgan fingerprint density at radius 1 is 1.47 bits per heavy atom. The third-order valence-corrected chi connectivity index (χ3v) is 4.30. The van der Waals surface area contributed by atoms with Crippen molar-refractivity contribution in [1.82, 2.24) is 9.03 Å². The van der Waals surface area contributed by atoms with E-state index in [-0.39, 0.29) is 19.1 Å². The lowest BCUT2D eigenvalue weighted by Crippen LogP contribution is -2.44. The van der Waals surface area contributed by atoms with Crippen LogP contribution in [0.25, 0.3) is 0 Å². The number of nitrogens with zero attached hydrogens (tertiary/aromatic N) is 1. The first-order chi connectivity index (χ1) is 8.89. The molecule has 0 aromatic heterocycles. The van der Waals surface area contributed by atoms with E-state index >= 15 is 0 Å². The van der Waals surface area contributed by atoms with Crippen LogP contribution in [0.3, 0.4) is 0 Å². The van der Waals surface area contributed by atoms with Gasteiger partial charge in [-0.25, -0.2) is 0 Å². The van der Waals surface area contributed by atoms with Crippen molar-refractivity contribution in [3.63, 3.8) is 0 Å². The van der Waals surface area contributed by atoms with Crippen LogP contribution in [-0.4, -0.2) is 39.5 Å². The minimum atomic E-state index is -3.53. The molecule has 1 aromatic rings. The molecular weight excluding hydrogens is 266 g/mol. The van der Waals surface area contributed by atoms with Gasteiger partial charge in [-0.05, 0) is 24.6 Å². The van der Waals surface area contributed by atoms with Crippen LogP contribution >= 0.6 is 0 Å². The molecule has 0 saturated carbocycles. The Bertz CT molecular complexity index is 505. The lowest BCUT2D eigenvalue weighted by molar-refractivity contribution is 0.411. The molecule has 108 valence electrons. The van der Waals surface area contributed by atoms with Crippen LogP contribution in [0.4, 0.5) is 0 Å². The number of ether oxygens (including phenoxy) is 1. The molecule has 7 heteroatoms. The number of methoxy groups -OCH3 is 1. The lowest BCUT2D eigenvalue weighted by Gasteiger charge is -2.20. The Hall–Kier alpha value is -1.15. The zero-order valence-electron chi connectivity index (χ0n) is 11.5. The van der Waals surface area contributed by atoms with Gasteiger partial charge in [0, 0.05) is 26.2 Å². The van der Waals surface area contributed by atoms with Gasteiger partial charge in [0.15, 0.2) is 0 Å². The average Bonchev–Trinajstić information content (AvgIpc) is 2.38. The predicted molar refractivity (Wildman–Crippen MR) is 75.0 cm³/mol. The van der Waals surface area contributed by atoms with Crippen LogP contribution < -0.4 is 15.2 Å². The van der Waals surface area contributed by atoms with E-state index in [1.807, 2.05) is 18.2 Å². The number of rotatable bonds is 7. The van der Waals surface area contributed by atoms with Gasteiger partial charge in [-0.1, -0.05) is 12.1 Å². The fourth-order valence-corrected chi connectivity index (χ4v) is 2.61. The van der Waals surface area contributed by atoms with Crippen LogP contribution in [0, 0.1) is 0 Å². The molecule has 19 heavy (non-hydrogen) atoms. The second-order valence-corrected chi connectivity index (χ2v) is 6.18. The van der Waals surface area contributed by atoms with Gasteiger partial charge in [-0.15, -0.1) is 0 Å². The lowest BCUT2D eigenvalue weighted by atomic mass is 10.2. The number of hydrogen-bond acceptors (Lipinski definition) is 4. The van der Waals surface area contributed by atoms with Crippen LogP contribution in [0.2, 0.25) is 0 Å². The van der Waals surface area contributed by atoms with Crippen LogP contribution in [0.15, 0.2) is 24.3 Å². The monoisotopic (exact) mass is 287 g/mol. The summed E-state index contributed by atoms with van der Waals surface area (Å²) >= 11 is 0. The first-order valence-electron chi connectivity index (χ1n) is 5.95. The molecule has 0 amide bonds. The van der Waals surface area contributed by atoms with E-state index in [4.69, 9.17) is 10.5 Å². The van der Waals surface area contributed by atoms with Gasteiger partial charge >= 0.3 is 0 Å². The maximum absolute atomic E-state index is 12.0. The second kappa shape index (κ2) is 6.85. The zero-order chi connectivity index (χ0) is 14.5. The first-order valence-corrected chi connectivity index (χ1v) is 7.39. The normalized spacial score (nSPS) is 13.5. The van der Waals surface area contributed by atoms with Crippen LogP contribution in [0.1, 0.15) is 12.5 Å². The molecule has 0 fully saturated rings. The minimum absolute atomic E-state index is 0.256. The van der Waals surface area contributed by atoms with Crippen molar-refractivity contribution in [2.45, 2.75) is 19.5 Å². The number of nitrogens with one attached hydrogen (secondary N) is 1. The van der Waals surface area contributed by atoms with E-state index < -0.39 is 10.2 Å². The molecule has 0 heterocycles. The topological polar surface area (TPSA) is 84.7 Å². The molecule has 1 aromatic carbocycles. The zero-order valence-corrected chi connectivity index (χ0v) is 12.3. The number of nitrogens with two attached hydrogens (primary N) is 1. The van der Waals surface area contributed by atoms with E-state index in [1.165, 1.54) is 11.4 Å². The van der Waals surface area contributed by atoms with Gasteiger partial charge in [0.1, 0.15) is 5.75 Å². The summed E-state index contributed by atoms with van der Waals surface area (Å²) in [6.45, 7) is 2.24. The summed E-state index contributed by atoms with van der Waals surface area (Å²) in [6.07, 6.45) is 0. The highest BCUT2D eigenvalue weighted by Crippen LogP contribution is 2.14. The van der Waals surface area contributed by atoms with Crippen molar-refractivity contribution in [1.29, 1.82) is 0 Å². The quantitative estimate of drug-likeness (QED) is 0.756. The van der Waals surface area contributed by atoms with Crippen molar-refractivity contribution in [3.05, 3.63) is 29.8 Å². The van der Waals surface area contributed by atoms with Crippen molar-refractivity contribution >= 4 is 10.2 Å². The molecule has 0 bridgehead atoms. The Morgan fingerprint density at radius 3 is 2.74 bits per heavy atom. The smallest absolute Gasteiger partial charge is 0.279 e. The molecule has 0 aliphatic carbocycles. The molecule has 1 atom stereocenters. The Kier molecular flexibility index (Phi) is 5.74. The summed E-state index contributed by atoms with van der Waals surface area (Å²) in [4.78, 5) is 0.